The first-order chi connectivity index (χ1) is 14.9. The van der Waals surface area contributed by atoms with Crippen LogP contribution in [0.3, 0.4) is 0 Å². The molecule has 1 N–H and O–H groups in total. The first-order valence-electron chi connectivity index (χ1n) is 9.36. The monoisotopic (exact) mass is 502 g/mol. The summed E-state index contributed by atoms with van der Waals surface area (Å²) < 4.78 is 91.4. The van der Waals surface area contributed by atoms with E-state index in [9.17, 15) is 30.0 Å². The summed E-state index contributed by atoms with van der Waals surface area (Å²) in [7, 11) is -7.54. The van der Waals surface area contributed by atoms with Crippen LogP contribution in [0.4, 0.5) is 18.3 Å². The van der Waals surface area contributed by atoms with Crippen molar-refractivity contribution in [1.82, 2.24) is 4.98 Å². The van der Waals surface area contributed by atoms with Crippen LogP contribution in [0, 0.1) is 0 Å². The van der Waals surface area contributed by atoms with Gasteiger partial charge in [0, 0.05) is 11.6 Å². The average molecular weight is 503 g/mol. The van der Waals surface area contributed by atoms with Crippen molar-refractivity contribution in [3.05, 3.63) is 76.3 Å². The quantitative estimate of drug-likeness (QED) is 0.549. The highest BCUT2D eigenvalue weighted by molar-refractivity contribution is 7.93. The minimum absolute atomic E-state index is 0.00670. The SMILES string of the molecule is O=S(=O)(Nc1nccs1)c1ccc2c(c1)CC(S(=O)(=O)Cc1ccc(C(F)(F)F)cc1)C2. The highest BCUT2D eigenvalue weighted by atomic mass is 32.2. The number of fused-ring (bicyclic) bond motifs is 1. The third-order valence-electron chi connectivity index (χ3n) is 5.19. The minimum Gasteiger partial charge on any atom is -0.255 e. The van der Waals surface area contributed by atoms with E-state index in [0.29, 0.717) is 5.56 Å². The number of thiazole rings is 1. The maximum Gasteiger partial charge on any atom is 0.416 e. The van der Waals surface area contributed by atoms with E-state index in [1.165, 1.54) is 18.3 Å². The molecule has 0 radical (unpaired) electrons. The molecule has 3 aromatic rings. The molecular weight excluding hydrogens is 485 g/mol. The van der Waals surface area contributed by atoms with Crippen LogP contribution in [0.5, 0.6) is 0 Å². The van der Waals surface area contributed by atoms with Crippen LogP contribution in [0.2, 0.25) is 0 Å². The number of hydrogen-bond donors (Lipinski definition) is 1. The average Bonchev–Trinajstić information content (AvgIpc) is 3.36. The molecule has 1 unspecified atom stereocenters. The van der Waals surface area contributed by atoms with Crippen molar-refractivity contribution in [3.63, 3.8) is 0 Å². The first kappa shape index (κ1) is 22.7. The molecule has 0 bridgehead atoms. The maximum atomic E-state index is 12.9. The summed E-state index contributed by atoms with van der Waals surface area (Å²) in [5, 5.41) is 1.08. The molecule has 12 heteroatoms. The molecule has 0 amide bonds. The van der Waals surface area contributed by atoms with Gasteiger partial charge in [0.15, 0.2) is 15.0 Å². The van der Waals surface area contributed by atoms with Crippen molar-refractivity contribution in [2.24, 2.45) is 0 Å². The van der Waals surface area contributed by atoms with E-state index in [1.54, 1.807) is 11.4 Å². The lowest BCUT2D eigenvalue weighted by molar-refractivity contribution is -0.137. The lowest BCUT2D eigenvalue weighted by Crippen LogP contribution is -2.23. The summed E-state index contributed by atoms with van der Waals surface area (Å²) in [4.78, 5) is 3.90. The zero-order valence-electron chi connectivity index (χ0n) is 16.3. The second-order valence-corrected chi connectivity index (χ2v) is 12.3. The van der Waals surface area contributed by atoms with Crippen LogP contribution >= 0.6 is 11.3 Å². The lowest BCUT2D eigenvalue weighted by atomic mass is 10.1. The van der Waals surface area contributed by atoms with Gasteiger partial charge < -0.3 is 0 Å². The molecular formula is C20H17F3N2O4S3. The highest BCUT2D eigenvalue weighted by Crippen LogP contribution is 2.32. The molecule has 4 rings (SSSR count). The lowest BCUT2D eigenvalue weighted by Gasteiger charge is -2.12. The van der Waals surface area contributed by atoms with E-state index in [4.69, 9.17) is 0 Å². The molecule has 170 valence electrons. The zero-order valence-corrected chi connectivity index (χ0v) is 18.8. The van der Waals surface area contributed by atoms with E-state index >= 15 is 0 Å². The third-order valence-corrected chi connectivity index (χ3v) is 9.43. The molecule has 32 heavy (non-hydrogen) atoms. The Morgan fingerprint density at radius 3 is 2.31 bits per heavy atom. The van der Waals surface area contributed by atoms with Crippen LogP contribution in [0.1, 0.15) is 22.3 Å². The van der Waals surface area contributed by atoms with Gasteiger partial charge in [0.2, 0.25) is 0 Å². The standard InChI is InChI=1S/C20H17F3N2O4S3/c21-20(22,23)16-4-1-13(2-5-16)12-31(26,27)18-9-14-3-6-17(10-15(14)11-18)32(28,29)25-19-24-7-8-30-19/h1-8,10,18H,9,11-12H2,(H,24,25). The number of nitrogens with one attached hydrogen (secondary N) is 1. The Kier molecular flexibility index (Phi) is 5.80. The Morgan fingerprint density at radius 2 is 1.69 bits per heavy atom. The number of sulfone groups is 1. The van der Waals surface area contributed by atoms with E-state index < -0.39 is 36.9 Å². The van der Waals surface area contributed by atoms with Gasteiger partial charge in [-0.15, -0.1) is 11.3 Å². The molecule has 0 aliphatic heterocycles. The predicted molar refractivity (Wildman–Crippen MR) is 115 cm³/mol. The molecule has 0 saturated carbocycles. The van der Waals surface area contributed by atoms with Gasteiger partial charge in [0.05, 0.1) is 21.5 Å². The number of anilines is 1. The zero-order chi connectivity index (χ0) is 23.1. The van der Waals surface area contributed by atoms with Gasteiger partial charge in [-0.05, 0) is 53.8 Å². The second kappa shape index (κ2) is 8.16. The van der Waals surface area contributed by atoms with Crippen LogP contribution < -0.4 is 4.72 Å². The van der Waals surface area contributed by atoms with Gasteiger partial charge in [-0.3, -0.25) is 4.72 Å². The van der Waals surface area contributed by atoms with Crippen molar-refractivity contribution in [2.45, 2.75) is 34.9 Å². The van der Waals surface area contributed by atoms with Crippen molar-refractivity contribution in [1.29, 1.82) is 0 Å². The number of hydrogen-bond acceptors (Lipinski definition) is 6. The molecule has 2 aromatic carbocycles. The van der Waals surface area contributed by atoms with Gasteiger partial charge in [-0.25, -0.2) is 21.8 Å². The first-order valence-corrected chi connectivity index (χ1v) is 13.4. The van der Waals surface area contributed by atoms with Crippen molar-refractivity contribution < 1.29 is 30.0 Å². The normalized spacial score (nSPS) is 16.7. The van der Waals surface area contributed by atoms with Gasteiger partial charge in [-0.1, -0.05) is 18.2 Å². The van der Waals surface area contributed by atoms with E-state index in [-0.39, 0.29) is 34.2 Å². The van der Waals surface area contributed by atoms with Crippen molar-refractivity contribution >= 4 is 36.3 Å². The van der Waals surface area contributed by atoms with Crippen molar-refractivity contribution in [2.75, 3.05) is 4.72 Å². The van der Waals surface area contributed by atoms with E-state index in [1.807, 2.05) is 0 Å². The molecule has 1 atom stereocenters. The Hall–Kier alpha value is -2.44. The Morgan fingerprint density at radius 1 is 1.00 bits per heavy atom. The van der Waals surface area contributed by atoms with Gasteiger partial charge in [0.25, 0.3) is 10.0 Å². The van der Waals surface area contributed by atoms with Gasteiger partial charge in [-0.2, -0.15) is 13.2 Å². The summed E-state index contributed by atoms with van der Waals surface area (Å²) in [6.07, 6.45) is -2.66. The van der Waals surface area contributed by atoms with Crippen LogP contribution in [-0.4, -0.2) is 27.1 Å². The number of rotatable bonds is 6. The minimum atomic E-state index is -4.49. The van der Waals surface area contributed by atoms with Crippen LogP contribution in [-0.2, 0) is 44.6 Å². The molecule has 0 fully saturated rings. The summed E-state index contributed by atoms with van der Waals surface area (Å²) >= 11 is 1.13. The Balaban J connectivity index is 1.49. The summed E-state index contributed by atoms with van der Waals surface area (Å²) in [5.41, 5.74) is 0.782. The van der Waals surface area contributed by atoms with Gasteiger partial charge in [0.1, 0.15) is 0 Å². The number of alkyl halides is 3. The number of nitrogens with zero attached hydrogens (tertiary/aromatic N) is 1. The summed E-state index contributed by atoms with van der Waals surface area (Å²) in [6, 6.07) is 8.52. The number of benzene rings is 2. The Bertz CT molecular complexity index is 1340. The maximum absolute atomic E-state index is 12.9. The van der Waals surface area contributed by atoms with Gasteiger partial charge >= 0.3 is 6.18 Å². The molecule has 6 nitrogen and oxygen atoms in total. The second-order valence-electron chi connectivity index (χ2n) is 7.41. The fourth-order valence-corrected chi connectivity index (χ4v) is 7.16. The fraction of sp³-hybridized carbons (Fsp3) is 0.250. The molecule has 1 aliphatic rings. The molecule has 1 aromatic heterocycles. The van der Waals surface area contributed by atoms with E-state index in [0.717, 1.165) is 41.2 Å². The largest absolute Gasteiger partial charge is 0.416 e. The van der Waals surface area contributed by atoms with Crippen molar-refractivity contribution in [3.8, 4) is 0 Å². The molecule has 0 saturated heterocycles. The smallest absolute Gasteiger partial charge is 0.255 e. The number of sulfonamides is 1. The number of aromatic nitrogens is 1. The predicted octanol–water partition coefficient (Wildman–Crippen LogP) is 4.04. The Labute approximate surface area is 187 Å². The summed E-state index contributed by atoms with van der Waals surface area (Å²) in [5.74, 6) is -0.388. The highest BCUT2D eigenvalue weighted by Gasteiger charge is 2.34. The van der Waals surface area contributed by atoms with E-state index in [2.05, 4.69) is 9.71 Å². The summed E-state index contributed by atoms with van der Waals surface area (Å²) in [6.45, 7) is 0. The third kappa shape index (κ3) is 4.81. The molecule has 1 heterocycles. The van der Waals surface area contributed by atoms with Crippen LogP contribution in [0.25, 0.3) is 0 Å². The molecule has 0 spiro atoms. The number of halogens is 3. The topological polar surface area (TPSA) is 93.2 Å². The fourth-order valence-electron chi connectivity index (χ4n) is 3.56. The van der Waals surface area contributed by atoms with Crippen LogP contribution in [0.15, 0.2) is 58.9 Å². The molecule has 1 aliphatic carbocycles.